The molecule has 136 valence electrons. The van der Waals surface area contributed by atoms with Gasteiger partial charge in [0.2, 0.25) is 11.7 Å². The van der Waals surface area contributed by atoms with E-state index < -0.39 is 47.2 Å². The fourth-order valence-electron chi connectivity index (χ4n) is 1.89. The highest BCUT2D eigenvalue weighted by Gasteiger charge is 2.25. The van der Waals surface area contributed by atoms with E-state index in [2.05, 4.69) is 16.6 Å². The molecule has 2 aromatic carbocycles. The van der Waals surface area contributed by atoms with Gasteiger partial charge >= 0.3 is 0 Å². The predicted molar refractivity (Wildman–Crippen MR) is 83.3 cm³/mol. The fourth-order valence-corrected chi connectivity index (χ4v) is 1.89. The molecule has 9 heteroatoms. The van der Waals surface area contributed by atoms with Gasteiger partial charge in [0.1, 0.15) is 6.61 Å². The summed E-state index contributed by atoms with van der Waals surface area (Å²) in [6, 6.07) is 6.10. The molecule has 4 nitrogen and oxygen atoms in total. The average Bonchev–Trinajstić information content (AvgIpc) is 2.64. The molecular formula is C17H11F5N2O2. The summed E-state index contributed by atoms with van der Waals surface area (Å²) in [4.78, 5) is 15.6. The Bertz CT molecular complexity index is 866. The number of carbonyl (C=O) groups is 1. The molecule has 26 heavy (non-hydrogen) atoms. The highest BCUT2D eigenvalue weighted by molar-refractivity contribution is 6.17. The van der Waals surface area contributed by atoms with Crippen molar-refractivity contribution >= 4 is 17.7 Å². The van der Waals surface area contributed by atoms with Crippen molar-refractivity contribution in [1.29, 1.82) is 0 Å². The minimum Gasteiger partial charge on any atom is -0.391 e. The quantitative estimate of drug-likeness (QED) is 0.211. The predicted octanol–water partition coefficient (Wildman–Crippen LogP) is 3.43. The maximum atomic E-state index is 13.4. The van der Waals surface area contributed by atoms with Crippen molar-refractivity contribution in [2.75, 3.05) is 0 Å². The summed E-state index contributed by atoms with van der Waals surface area (Å²) < 4.78 is 65.9. The third-order valence-electron chi connectivity index (χ3n) is 3.34. The summed E-state index contributed by atoms with van der Waals surface area (Å²) in [5.41, 5.74) is 5.03. The van der Waals surface area contributed by atoms with Crippen molar-refractivity contribution in [2.24, 2.45) is 10.9 Å². The number of oxime groups is 1. The van der Waals surface area contributed by atoms with Gasteiger partial charge in [-0.05, 0) is 11.1 Å². The number of nitrogens with zero attached hydrogens (tertiary/aromatic N) is 1. The van der Waals surface area contributed by atoms with Crippen molar-refractivity contribution in [3.63, 3.8) is 0 Å². The Morgan fingerprint density at radius 1 is 1.00 bits per heavy atom. The van der Waals surface area contributed by atoms with Gasteiger partial charge in [-0.1, -0.05) is 36.0 Å². The Morgan fingerprint density at radius 2 is 1.50 bits per heavy atom. The van der Waals surface area contributed by atoms with Crippen molar-refractivity contribution in [3.05, 3.63) is 76.6 Å². The van der Waals surface area contributed by atoms with E-state index in [0.29, 0.717) is 11.1 Å². The van der Waals surface area contributed by atoms with Crippen LogP contribution in [0.4, 0.5) is 22.0 Å². The Hall–Kier alpha value is -3.23. The molecule has 0 aliphatic heterocycles. The summed E-state index contributed by atoms with van der Waals surface area (Å²) in [6.45, 7) is 2.55. The monoisotopic (exact) mass is 370 g/mol. The van der Waals surface area contributed by atoms with Crippen LogP contribution in [-0.2, 0) is 16.2 Å². The van der Waals surface area contributed by atoms with Crippen LogP contribution < -0.4 is 5.73 Å². The van der Waals surface area contributed by atoms with Crippen LogP contribution in [0.2, 0.25) is 0 Å². The first kappa shape index (κ1) is 19.1. The Morgan fingerprint density at radius 3 is 2.00 bits per heavy atom. The number of rotatable bonds is 6. The average molecular weight is 370 g/mol. The van der Waals surface area contributed by atoms with E-state index >= 15 is 0 Å². The topological polar surface area (TPSA) is 64.7 Å². The van der Waals surface area contributed by atoms with Crippen molar-refractivity contribution in [3.8, 4) is 0 Å². The number of amides is 1. The van der Waals surface area contributed by atoms with E-state index in [1.54, 1.807) is 0 Å². The van der Waals surface area contributed by atoms with E-state index in [1.165, 1.54) is 24.3 Å². The first-order valence-corrected chi connectivity index (χ1v) is 6.98. The molecule has 0 radical (unpaired) electrons. The number of hydrogen-bond acceptors (Lipinski definition) is 3. The third-order valence-corrected chi connectivity index (χ3v) is 3.34. The first-order chi connectivity index (χ1) is 12.2. The van der Waals surface area contributed by atoms with Crippen LogP contribution >= 0.6 is 0 Å². The summed E-state index contributed by atoms with van der Waals surface area (Å²) in [6.07, 6.45) is 1.14. The molecule has 0 saturated carbocycles. The van der Waals surface area contributed by atoms with Crippen LogP contribution in [0.25, 0.3) is 5.57 Å². The zero-order valence-electron chi connectivity index (χ0n) is 13.0. The van der Waals surface area contributed by atoms with Gasteiger partial charge in [0.25, 0.3) is 0 Å². The van der Waals surface area contributed by atoms with Crippen LogP contribution in [0, 0.1) is 29.1 Å². The maximum Gasteiger partial charge on any atom is 0.248 e. The normalized spacial score (nSPS) is 11.0. The van der Waals surface area contributed by atoms with Gasteiger partial charge < -0.3 is 10.6 Å². The number of nitrogens with two attached hydrogens (primary N) is 1. The highest BCUT2D eigenvalue weighted by atomic mass is 19.2. The minimum absolute atomic E-state index is 0.107. The molecule has 0 aromatic heterocycles. The molecule has 1 amide bonds. The second-order valence-corrected chi connectivity index (χ2v) is 5.02. The van der Waals surface area contributed by atoms with Crippen molar-refractivity contribution in [2.45, 2.75) is 6.61 Å². The third kappa shape index (κ3) is 3.88. The molecule has 0 atom stereocenters. The van der Waals surface area contributed by atoms with E-state index in [4.69, 9.17) is 5.73 Å². The summed E-state index contributed by atoms with van der Waals surface area (Å²) in [5, 5.41) is 3.40. The molecule has 0 heterocycles. The zero-order chi connectivity index (χ0) is 19.4. The number of hydrogen-bond donors (Lipinski definition) is 1. The van der Waals surface area contributed by atoms with Crippen LogP contribution in [0.15, 0.2) is 36.0 Å². The zero-order valence-corrected chi connectivity index (χ0v) is 13.0. The van der Waals surface area contributed by atoms with Gasteiger partial charge in [-0.2, -0.15) is 0 Å². The van der Waals surface area contributed by atoms with E-state index in [0.717, 1.165) is 6.21 Å². The van der Waals surface area contributed by atoms with Gasteiger partial charge in [0.15, 0.2) is 23.3 Å². The lowest BCUT2D eigenvalue weighted by molar-refractivity contribution is -0.112. The second-order valence-electron chi connectivity index (χ2n) is 5.02. The minimum atomic E-state index is -2.25. The molecule has 0 unspecified atom stereocenters. The molecule has 0 fully saturated rings. The molecule has 0 saturated heterocycles. The van der Waals surface area contributed by atoms with Gasteiger partial charge in [0.05, 0.1) is 11.8 Å². The van der Waals surface area contributed by atoms with Gasteiger partial charge in [0, 0.05) is 5.57 Å². The van der Waals surface area contributed by atoms with Gasteiger partial charge in [-0.3, -0.25) is 4.79 Å². The number of benzene rings is 2. The Kier molecular flexibility index (Phi) is 5.71. The largest absolute Gasteiger partial charge is 0.391 e. The lowest BCUT2D eigenvalue weighted by atomic mass is 10.1. The van der Waals surface area contributed by atoms with Crippen molar-refractivity contribution in [1.82, 2.24) is 0 Å². The maximum absolute atomic E-state index is 13.4. The van der Waals surface area contributed by atoms with Crippen LogP contribution in [-0.4, -0.2) is 12.1 Å². The molecule has 2 rings (SSSR count). The fraction of sp³-hybridized carbons (Fsp3) is 0.0588. The first-order valence-electron chi connectivity index (χ1n) is 6.98. The number of primary amides is 1. The second kappa shape index (κ2) is 7.77. The standard InChI is InChI=1S/C17H11F5N2O2/c1-8(17(23)25)10-4-2-9(3-5-10)6-24-26-7-11-12(18)14(20)16(22)15(21)13(11)19/h2-6H,1,7H2,(H2,23,25). The van der Waals surface area contributed by atoms with Crippen molar-refractivity contribution < 1.29 is 31.6 Å². The summed E-state index contributed by atoms with van der Waals surface area (Å²) in [7, 11) is 0. The summed E-state index contributed by atoms with van der Waals surface area (Å²) in [5.74, 6) is -11.0. The number of halogens is 5. The van der Waals surface area contributed by atoms with Crippen LogP contribution in [0.1, 0.15) is 16.7 Å². The van der Waals surface area contributed by atoms with Gasteiger partial charge in [-0.25, -0.2) is 22.0 Å². The smallest absolute Gasteiger partial charge is 0.248 e. The molecule has 0 aliphatic rings. The van der Waals surface area contributed by atoms with Gasteiger partial charge in [-0.15, -0.1) is 0 Å². The lowest BCUT2D eigenvalue weighted by Gasteiger charge is -2.06. The SMILES string of the molecule is C=C(C(N)=O)c1ccc(C=NOCc2c(F)c(F)c(F)c(F)c2F)cc1. The molecule has 0 spiro atoms. The van der Waals surface area contributed by atoms with E-state index in [9.17, 15) is 26.7 Å². The van der Waals surface area contributed by atoms with Crippen LogP contribution in [0.5, 0.6) is 0 Å². The number of carbonyl (C=O) groups excluding carboxylic acids is 1. The molecule has 0 aliphatic carbocycles. The summed E-state index contributed by atoms with van der Waals surface area (Å²) >= 11 is 0. The molecular weight excluding hydrogens is 359 g/mol. The van der Waals surface area contributed by atoms with Crippen LogP contribution in [0.3, 0.4) is 0 Å². The van der Waals surface area contributed by atoms with E-state index in [1.807, 2.05) is 0 Å². The molecule has 2 aromatic rings. The molecule has 2 N–H and O–H groups in total. The Labute approximate surface area is 144 Å². The lowest BCUT2D eigenvalue weighted by Crippen LogP contribution is -2.11. The molecule has 0 bridgehead atoms. The Balaban J connectivity index is 2.07. The highest BCUT2D eigenvalue weighted by Crippen LogP contribution is 2.23. The van der Waals surface area contributed by atoms with E-state index in [-0.39, 0.29) is 5.57 Å².